The summed E-state index contributed by atoms with van der Waals surface area (Å²) in [6.07, 6.45) is -2.95. The van der Waals surface area contributed by atoms with Gasteiger partial charge in [0.25, 0.3) is 0 Å². The molecule has 1 aliphatic carbocycles. The average molecular weight is 543 g/mol. The van der Waals surface area contributed by atoms with Crippen LogP contribution >= 0.6 is 0 Å². The number of rotatable bonds is 5. The van der Waals surface area contributed by atoms with E-state index in [2.05, 4.69) is 27.3 Å². The van der Waals surface area contributed by atoms with Gasteiger partial charge in [0.2, 0.25) is 5.91 Å². The number of pyridine rings is 1. The zero-order valence-electron chi connectivity index (χ0n) is 19.5. The molecule has 3 fully saturated rings. The maximum absolute atomic E-state index is 11.8. The molecular formula is C22H27F6N3O6. The molecule has 2 aliphatic heterocycles. The molecule has 1 aromatic heterocycles. The quantitative estimate of drug-likeness (QED) is 0.484. The fraction of sp³-hybridized carbons (Fsp3) is 0.636. The first-order chi connectivity index (χ1) is 17.2. The number of amides is 1. The molecule has 0 unspecified atom stereocenters. The number of nitrogens with one attached hydrogen (secondary N) is 1. The van der Waals surface area contributed by atoms with Crippen molar-refractivity contribution in [2.75, 3.05) is 26.2 Å². The third-order valence-corrected chi connectivity index (χ3v) is 5.96. The fourth-order valence-corrected chi connectivity index (χ4v) is 3.89. The summed E-state index contributed by atoms with van der Waals surface area (Å²) in [4.78, 5) is 36.2. The molecule has 208 valence electrons. The number of aromatic nitrogens is 1. The first-order valence-corrected chi connectivity index (χ1v) is 11.3. The molecule has 15 heteroatoms. The normalized spacial score (nSPS) is 23.5. The van der Waals surface area contributed by atoms with Crippen LogP contribution < -0.4 is 5.32 Å². The Balaban J connectivity index is 0.000000286. The number of likely N-dealkylation sites (tertiary alicyclic amines) is 1. The number of hydrogen-bond acceptors (Lipinski definition) is 6. The molecule has 37 heavy (non-hydrogen) atoms. The molecule has 3 N–H and O–H groups in total. The van der Waals surface area contributed by atoms with Crippen LogP contribution in [0.2, 0.25) is 0 Å². The van der Waals surface area contributed by atoms with Crippen LogP contribution in [0.25, 0.3) is 0 Å². The van der Waals surface area contributed by atoms with E-state index in [9.17, 15) is 31.1 Å². The van der Waals surface area contributed by atoms with Gasteiger partial charge < -0.3 is 20.3 Å². The highest BCUT2D eigenvalue weighted by Crippen LogP contribution is 2.35. The fourth-order valence-electron chi connectivity index (χ4n) is 3.89. The Morgan fingerprint density at radius 2 is 1.54 bits per heavy atom. The highest BCUT2D eigenvalue weighted by Gasteiger charge is 2.41. The minimum atomic E-state index is -5.08. The number of alkyl halides is 6. The molecule has 1 aromatic rings. The van der Waals surface area contributed by atoms with Gasteiger partial charge >= 0.3 is 24.3 Å². The van der Waals surface area contributed by atoms with Gasteiger partial charge in [0.15, 0.2) is 0 Å². The summed E-state index contributed by atoms with van der Waals surface area (Å²) in [5, 5.41) is 17.3. The van der Waals surface area contributed by atoms with E-state index in [0.717, 1.165) is 39.1 Å². The Morgan fingerprint density at radius 1 is 1.00 bits per heavy atom. The predicted molar refractivity (Wildman–Crippen MR) is 114 cm³/mol. The van der Waals surface area contributed by atoms with Gasteiger partial charge in [-0.25, -0.2) is 9.59 Å². The van der Waals surface area contributed by atoms with Crippen molar-refractivity contribution in [3.8, 4) is 0 Å². The average Bonchev–Trinajstić information content (AvgIpc) is 3.59. The van der Waals surface area contributed by atoms with E-state index in [1.54, 1.807) is 0 Å². The van der Waals surface area contributed by atoms with Gasteiger partial charge in [0, 0.05) is 43.9 Å². The monoisotopic (exact) mass is 543 g/mol. The van der Waals surface area contributed by atoms with Gasteiger partial charge in [-0.05, 0) is 49.4 Å². The Hall–Kier alpha value is -2.94. The van der Waals surface area contributed by atoms with E-state index in [1.807, 2.05) is 12.4 Å². The SMILES string of the molecule is O=C(NC[C@H]1OC[C@@H]2CCN(Cc3ccncc3)C[C@@H]21)C1CC1.O=C(O)C(F)(F)F.O=C(O)C(F)(F)F. The second-order valence-corrected chi connectivity index (χ2v) is 8.80. The van der Waals surface area contributed by atoms with Crippen molar-refractivity contribution in [2.24, 2.45) is 17.8 Å². The smallest absolute Gasteiger partial charge is 0.475 e. The van der Waals surface area contributed by atoms with Gasteiger partial charge in [-0.15, -0.1) is 0 Å². The van der Waals surface area contributed by atoms with Crippen LogP contribution in [0, 0.1) is 17.8 Å². The number of hydrogen-bond donors (Lipinski definition) is 3. The lowest BCUT2D eigenvalue weighted by Crippen LogP contribution is -2.45. The van der Waals surface area contributed by atoms with Crippen LogP contribution in [-0.2, 0) is 25.7 Å². The van der Waals surface area contributed by atoms with Crippen LogP contribution in [0.4, 0.5) is 26.3 Å². The van der Waals surface area contributed by atoms with Gasteiger partial charge in [0.05, 0.1) is 12.7 Å². The molecule has 1 amide bonds. The molecule has 0 radical (unpaired) electrons. The summed E-state index contributed by atoms with van der Waals surface area (Å²) in [6.45, 7) is 4.72. The first-order valence-electron chi connectivity index (χ1n) is 11.3. The van der Waals surface area contributed by atoms with Crippen molar-refractivity contribution in [3.05, 3.63) is 30.1 Å². The molecule has 0 bridgehead atoms. The summed E-state index contributed by atoms with van der Waals surface area (Å²) in [6, 6.07) is 4.18. The van der Waals surface area contributed by atoms with Crippen LogP contribution in [-0.4, -0.2) is 82.6 Å². The van der Waals surface area contributed by atoms with Gasteiger partial charge in [-0.3, -0.25) is 14.7 Å². The molecule has 4 rings (SSSR count). The zero-order chi connectivity index (χ0) is 27.8. The number of fused-ring (bicyclic) bond motifs is 1. The topological polar surface area (TPSA) is 129 Å². The summed E-state index contributed by atoms with van der Waals surface area (Å²) in [5.41, 5.74) is 1.32. The highest BCUT2D eigenvalue weighted by atomic mass is 19.4. The Bertz CT molecular complexity index is 886. The predicted octanol–water partition coefficient (Wildman–Crippen LogP) is 2.71. The molecule has 9 nitrogen and oxygen atoms in total. The number of aliphatic carboxylic acids is 2. The molecule has 1 saturated carbocycles. The Labute approximate surface area is 207 Å². The van der Waals surface area contributed by atoms with Crippen molar-refractivity contribution in [1.29, 1.82) is 0 Å². The number of piperidine rings is 1. The molecule has 3 aliphatic rings. The summed E-state index contributed by atoms with van der Waals surface area (Å²) in [5.74, 6) is -3.81. The van der Waals surface area contributed by atoms with Crippen LogP contribution in [0.1, 0.15) is 24.8 Å². The summed E-state index contributed by atoms with van der Waals surface area (Å²) >= 11 is 0. The van der Waals surface area contributed by atoms with Crippen LogP contribution in [0.5, 0.6) is 0 Å². The van der Waals surface area contributed by atoms with E-state index in [1.165, 1.54) is 12.0 Å². The van der Waals surface area contributed by atoms with Crippen molar-refractivity contribution in [2.45, 2.75) is 44.3 Å². The van der Waals surface area contributed by atoms with Crippen molar-refractivity contribution in [3.63, 3.8) is 0 Å². The van der Waals surface area contributed by atoms with Crippen molar-refractivity contribution in [1.82, 2.24) is 15.2 Å². The van der Waals surface area contributed by atoms with E-state index in [4.69, 9.17) is 24.5 Å². The zero-order valence-corrected chi connectivity index (χ0v) is 19.5. The molecule has 0 aromatic carbocycles. The number of nitrogens with zero attached hydrogens (tertiary/aromatic N) is 2. The number of carboxylic acids is 2. The highest BCUT2D eigenvalue weighted by molar-refractivity contribution is 5.80. The molecule has 2 saturated heterocycles. The lowest BCUT2D eigenvalue weighted by atomic mass is 9.84. The number of carbonyl (C=O) groups excluding carboxylic acids is 1. The van der Waals surface area contributed by atoms with E-state index in [0.29, 0.717) is 18.4 Å². The second-order valence-electron chi connectivity index (χ2n) is 8.80. The number of carboxylic acid groups (broad SMARTS) is 2. The largest absolute Gasteiger partial charge is 0.490 e. The third kappa shape index (κ3) is 10.5. The standard InChI is InChI=1S/C18H25N3O2.2C2HF3O2/c22-18(14-1-2-14)20-9-17-16-11-21(8-5-15(16)12-23-17)10-13-3-6-19-7-4-13;2*3-2(4,5)1(6)7/h3-4,6-7,14-17H,1-2,5,8-12H2,(H,20,22);2*(H,6,7)/t15-,16-,17+;;/m0../s1. The second kappa shape index (κ2) is 13.0. The lowest BCUT2D eigenvalue weighted by molar-refractivity contribution is -0.193. The van der Waals surface area contributed by atoms with E-state index >= 15 is 0 Å². The van der Waals surface area contributed by atoms with Crippen molar-refractivity contribution >= 4 is 17.8 Å². The molecular weight excluding hydrogens is 516 g/mol. The minimum Gasteiger partial charge on any atom is -0.475 e. The summed E-state index contributed by atoms with van der Waals surface area (Å²) < 4.78 is 69.5. The maximum atomic E-state index is 11.8. The lowest BCUT2D eigenvalue weighted by Gasteiger charge is -2.36. The van der Waals surface area contributed by atoms with Gasteiger partial charge in [0.1, 0.15) is 0 Å². The molecule has 3 atom stereocenters. The van der Waals surface area contributed by atoms with E-state index < -0.39 is 24.3 Å². The number of ether oxygens (including phenoxy) is 1. The van der Waals surface area contributed by atoms with Gasteiger partial charge in [-0.1, -0.05) is 0 Å². The third-order valence-electron chi connectivity index (χ3n) is 5.96. The summed E-state index contributed by atoms with van der Waals surface area (Å²) in [7, 11) is 0. The maximum Gasteiger partial charge on any atom is 0.490 e. The Kier molecular flexibility index (Phi) is 10.7. The first kappa shape index (κ1) is 30.3. The Morgan fingerprint density at radius 3 is 2.03 bits per heavy atom. The van der Waals surface area contributed by atoms with Crippen LogP contribution in [0.15, 0.2) is 24.5 Å². The minimum absolute atomic E-state index is 0.183. The van der Waals surface area contributed by atoms with E-state index in [-0.39, 0.29) is 17.9 Å². The molecule has 0 spiro atoms. The van der Waals surface area contributed by atoms with Crippen molar-refractivity contribution < 1.29 is 55.7 Å². The number of halogens is 6. The molecule has 3 heterocycles. The van der Waals surface area contributed by atoms with Gasteiger partial charge in [-0.2, -0.15) is 26.3 Å². The number of carbonyl (C=O) groups is 3. The van der Waals surface area contributed by atoms with Crippen LogP contribution in [0.3, 0.4) is 0 Å².